The molecule has 0 aromatic carbocycles. The predicted octanol–water partition coefficient (Wildman–Crippen LogP) is 2.73. The van der Waals surface area contributed by atoms with E-state index in [0.29, 0.717) is 11.6 Å². The van der Waals surface area contributed by atoms with Crippen molar-refractivity contribution in [2.45, 2.75) is 18.8 Å². The van der Waals surface area contributed by atoms with Crippen LogP contribution in [-0.2, 0) is 4.74 Å². The van der Waals surface area contributed by atoms with Gasteiger partial charge in [0, 0.05) is 11.7 Å². The van der Waals surface area contributed by atoms with Gasteiger partial charge in [-0.25, -0.2) is 9.78 Å². The van der Waals surface area contributed by atoms with E-state index in [-0.39, 0.29) is 5.97 Å². The van der Waals surface area contributed by atoms with Crippen LogP contribution in [0.1, 0.15) is 35.1 Å². The standard InChI is InChI=1S/C14H16N2O2S/c1-18-14(17)12-6-2-5-11-8-15-13(16(11)12)10-4-3-7-19-9-10/h2,5-6,8,10H,3-4,7,9H2,1H3. The van der Waals surface area contributed by atoms with Crippen LogP contribution in [0.2, 0.25) is 0 Å². The summed E-state index contributed by atoms with van der Waals surface area (Å²) in [4.78, 5) is 16.4. The highest BCUT2D eigenvalue weighted by atomic mass is 32.2. The molecule has 2 aromatic heterocycles. The fraction of sp³-hybridized carbons (Fsp3) is 0.429. The van der Waals surface area contributed by atoms with Gasteiger partial charge in [-0.2, -0.15) is 11.8 Å². The van der Waals surface area contributed by atoms with E-state index in [4.69, 9.17) is 4.74 Å². The van der Waals surface area contributed by atoms with Crippen molar-refractivity contribution in [1.82, 2.24) is 9.38 Å². The second-order valence-electron chi connectivity index (χ2n) is 4.69. The maximum Gasteiger partial charge on any atom is 0.355 e. The topological polar surface area (TPSA) is 43.6 Å². The van der Waals surface area contributed by atoms with Crippen LogP contribution in [0.25, 0.3) is 5.52 Å². The van der Waals surface area contributed by atoms with Crippen molar-refractivity contribution in [3.8, 4) is 0 Å². The quantitative estimate of drug-likeness (QED) is 0.791. The van der Waals surface area contributed by atoms with Gasteiger partial charge in [-0.15, -0.1) is 0 Å². The molecule has 100 valence electrons. The maximum absolute atomic E-state index is 11.9. The van der Waals surface area contributed by atoms with Crippen molar-refractivity contribution in [3.05, 3.63) is 35.9 Å². The van der Waals surface area contributed by atoms with Gasteiger partial charge in [0.2, 0.25) is 0 Å². The molecule has 3 rings (SSSR count). The molecule has 0 N–H and O–H groups in total. The second-order valence-corrected chi connectivity index (χ2v) is 5.84. The SMILES string of the molecule is COC(=O)c1cccc2cnc(C3CCCSC3)n12. The monoisotopic (exact) mass is 276 g/mol. The van der Waals surface area contributed by atoms with E-state index in [0.717, 1.165) is 23.5 Å². The smallest absolute Gasteiger partial charge is 0.355 e. The fourth-order valence-electron chi connectivity index (χ4n) is 2.57. The van der Waals surface area contributed by atoms with Gasteiger partial charge in [-0.1, -0.05) is 6.07 Å². The number of ether oxygens (including phenoxy) is 1. The van der Waals surface area contributed by atoms with Crippen LogP contribution in [0, 0.1) is 0 Å². The Kier molecular flexibility index (Phi) is 3.46. The average Bonchev–Trinajstić information content (AvgIpc) is 2.91. The van der Waals surface area contributed by atoms with Gasteiger partial charge in [0.1, 0.15) is 11.5 Å². The Labute approximate surface area is 116 Å². The molecule has 5 heteroatoms. The number of hydrogen-bond donors (Lipinski definition) is 0. The van der Waals surface area contributed by atoms with Crippen LogP contribution in [-0.4, -0.2) is 34.0 Å². The van der Waals surface area contributed by atoms with Gasteiger partial charge in [-0.3, -0.25) is 4.40 Å². The molecule has 3 heterocycles. The highest BCUT2D eigenvalue weighted by molar-refractivity contribution is 7.99. The van der Waals surface area contributed by atoms with Gasteiger partial charge >= 0.3 is 5.97 Å². The zero-order valence-corrected chi connectivity index (χ0v) is 11.7. The lowest BCUT2D eigenvalue weighted by molar-refractivity contribution is 0.0592. The summed E-state index contributed by atoms with van der Waals surface area (Å²) < 4.78 is 6.81. The van der Waals surface area contributed by atoms with Gasteiger partial charge in [0.25, 0.3) is 0 Å². The largest absolute Gasteiger partial charge is 0.464 e. The number of thioether (sulfide) groups is 1. The Morgan fingerprint density at radius 3 is 3.16 bits per heavy atom. The molecule has 1 fully saturated rings. The first-order chi connectivity index (χ1) is 9.31. The predicted molar refractivity (Wildman–Crippen MR) is 75.8 cm³/mol. The summed E-state index contributed by atoms with van der Waals surface area (Å²) in [6.45, 7) is 0. The van der Waals surface area contributed by atoms with E-state index < -0.39 is 0 Å². The summed E-state index contributed by atoms with van der Waals surface area (Å²) >= 11 is 1.96. The lowest BCUT2D eigenvalue weighted by Gasteiger charge is -2.20. The molecule has 1 aliphatic rings. The minimum Gasteiger partial charge on any atom is -0.464 e. The summed E-state index contributed by atoms with van der Waals surface area (Å²) in [5, 5.41) is 0. The van der Waals surface area contributed by atoms with Gasteiger partial charge in [-0.05, 0) is 30.7 Å². The number of carbonyl (C=O) groups is 1. The fourth-order valence-corrected chi connectivity index (χ4v) is 3.71. The van der Waals surface area contributed by atoms with Crippen LogP contribution < -0.4 is 0 Å². The maximum atomic E-state index is 11.9. The van der Waals surface area contributed by atoms with E-state index in [2.05, 4.69) is 4.98 Å². The molecule has 0 radical (unpaired) electrons. The number of nitrogens with zero attached hydrogens (tertiary/aromatic N) is 2. The van der Waals surface area contributed by atoms with Gasteiger partial charge < -0.3 is 4.74 Å². The Balaban J connectivity index is 2.11. The van der Waals surface area contributed by atoms with Crippen LogP contribution in [0.15, 0.2) is 24.4 Å². The molecule has 1 atom stereocenters. The summed E-state index contributed by atoms with van der Waals surface area (Å²) in [5.74, 6) is 3.40. The first kappa shape index (κ1) is 12.5. The average molecular weight is 276 g/mol. The number of pyridine rings is 1. The van der Waals surface area contributed by atoms with Gasteiger partial charge in [0.15, 0.2) is 0 Å². The molecule has 0 amide bonds. The number of imidazole rings is 1. The third-order valence-electron chi connectivity index (χ3n) is 3.50. The number of methoxy groups -OCH3 is 1. The number of esters is 1. The Morgan fingerprint density at radius 1 is 1.53 bits per heavy atom. The molecule has 0 aliphatic carbocycles. The van der Waals surface area contributed by atoms with Crippen molar-refractivity contribution in [1.29, 1.82) is 0 Å². The molecule has 4 nitrogen and oxygen atoms in total. The minimum atomic E-state index is -0.312. The van der Waals surface area contributed by atoms with Crippen molar-refractivity contribution in [3.63, 3.8) is 0 Å². The molecule has 0 bridgehead atoms. The molecular formula is C14H16N2O2S. The van der Waals surface area contributed by atoms with Gasteiger partial charge in [0.05, 0.1) is 18.8 Å². The zero-order chi connectivity index (χ0) is 13.2. The highest BCUT2D eigenvalue weighted by Gasteiger charge is 2.22. The summed E-state index contributed by atoms with van der Waals surface area (Å²) in [6, 6.07) is 5.63. The van der Waals surface area contributed by atoms with E-state index in [1.165, 1.54) is 19.3 Å². The molecule has 1 unspecified atom stereocenters. The van der Waals surface area contributed by atoms with Crippen molar-refractivity contribution in [2.75, 3.05) is 18.6 Å². The van der Waals surface area contributed by atoms with E-state index >= 15 is 0 Å². The Hall–Kier alpha value is -1.49. The third kappa shape index (κ3) is 2.23. The van der Waals surface area contributed by atoms with Crippen molar-refractivity contribution >= 4 is 23.2 Å². The Bertz CT molecular complexity index is 603. The minimum absolute atomic E-state index is 0.312. The van der Waals surface area contributed by atoms with E-state index in [9.17, 15) is 4.79 Å². The number of rotatable bonds is 2. The van der Waals surface area contributed by atoms with Crippen LogP contribution in [0.5, 0.6) is 0 Å². The molecule has 0 spiro atoms. The van der Waals surface area contributed by atoms with E-state index in [1.807, 2.05) is 34.5 Å². The number of fused-ring (bicyclic) bond motifs is 1. The highest BCUT2D eigenvalue weighted by Crippen LogP contribution is 2.31. The summed E-state index contributed by atoms with van der Waals surface area (Å²) in [6.07, 6.45) is 4.19. The summed E-state index contributed by atoms with van der Waals surface area (Å²) in [5.41, 5.74) is 1.51. The molecule has 0 saturated carbocycles. The first-order valence-electron chi connectivity index (χ1n) is 6.43. The van der Waals surface area contributed by atoms with Crippen LogP contribution in [0.4, 0.5) is 0 Å². The second kappa shape index (κ2) is 5.25. The third-order valence-corrected chi connectivity index (χ3v) is 4.71. The molecular weight excluding hydrogens is 260 g/mol. The lowest BCUT2D eigenvalue weighted by Crippen LogP contribution is -2.16. The summed E-state index contributed by atoms with van der Waals surface area (Å²) in [7, 11) is 1.41. The van der Waals surface area contributed by atoms with Crippen molar-refractivity contribution < 1.29 is 9.53 Å². The number of hydrogen-bond acceptors (Lipinski definition) is 4. The zero-order valence-electron chi connectivity index (χ0n) is 10.8. The normalized spacial score (nSPS) is 19.5. The van der Waals surface area contributed by atoms with Crippen LogP contribution in [0.3, 0.4) is 0 Å². The lowest BCUT2D eigenvalue weighted by atomic mass is 10.0. The number of aromatic nitrogens is 2. The molecule has 19 heavy (non-hydrogen) atoms. The van der Waals surface area contributed by atoms with E-state index in [1.54, 1.807) is 6.07 Å². The Morgan fingerprint density at radius 2 is 2.42 bits per heavy atom. The van der Waals surface area contributed by atoms with Crippen LogP contribution >= 0.6 is 11.8 Å². The number of carbonyl (C=O) groups excluding carboxylic acids is 1. The van der Waals surface area contributed by atoms with Crippen molar-refractivity contribution in [2.24, 2.45) is 0 Å². The molecule has 1 saturated heterocycles. The first-order valence-corrected chi connectivity index (χ1v) is 7.59. The molecule has 1 aliphatic heterocycles. The molecule has 2 aromatic rings.